The van der Waals surface area contributed by atoms with Crippen molar-refractivity contribution in [3.63, 3.8) is 0 Å². The van der Waals surface area contributed by atoms with E-state index < -0.39 is 0 Å². The molecule has 0 unspecified atom stereocenters. The average molecular weight is 145 g/mol. The van der Waals surface area contributed by atoms with Crippen molar-refractivity contribution in [3.8, 4) is 0 Å². The predicted octanol–water partition coefficient (Wildman–Crippen LogP) is 0.598. The number of hydrogen-bond donors (Lipinski definition) is 0. The van der Waals surface area contributed by atoms with Crippen LogP contribution in [0.5, 0.6) is 0 Å². The van der Waals surface area contributed by atoms with Crippen LogP contribution in [0, 0.1) is 0 Å². The molecule has 0 saturated carbocycles. The Morgan fingerprint density at radius 1 is 0.875 bits per heavy atom. The van der Waals surface area contributed by atoms with Crippen molar-refractivity contribution in [2.24, 2.45) is 0 Å². The number of rotatable bonds is 0. The summed E-state index contributed by atoms with van der Waals surface area (Å²) in [6.45, 7) is 0. The zero-order valence-electron chi connectivity index (χ0n) is 4.19. The van der Waals surface area contributed by atoms with Crippen LogP contribution in [0.25, 0.3) is 0 Å². The monoisotopic (exact) mass is 145 g/mol. The third-order valence-electron chi connectivity index (χ3n) is 0.566. The van der Waals surface area contributed by atoms with Gasteiger partial charge in [-0.3, -0.25) is 4.98 Å². The summed E-state index contributed by atoms with van der Waals surface area (Å²) in [7, 11) is 0. The Balaban J connectivity index is 0. The molecule has 2 nitrogen and oxygen atoms in total. The van der Waals surface area contributed by atoms with Gasteiger partial charge in [-0.1, -0.05) is 6.07 Å². The minimum Gasteiger partial charge on any atom is -0.265 e. The molecule has 0 spiro atoms. The van der Waals surface area contributed by atoms with Gasteiger partial charge in [-0.15, -0.1) is 0 Å². The first-order valence-electron chi connectivity index (χ1n) is 1.85. The van der Waals surface area contributed by atoms with Crippen LogP contribution in [0.4, 0.5) is 0 Å². The third kappa shape index (κ3) is 3.82. The van der Waals surface area contributed by atoms with Gasteiger partial charge < -0.3 is 0 Å². The Kier molecular flexibility index (Phi) is 8.79. The molecule has 0 atom stereocenters. The van der Waals surface area contributed by atoms with Crippen molar-refractivity contribution in [1.29, 1.82) is 0 Å². The number of hydrogen-bond acceptors (Lipinski definition) is 1. The maximum Gasteiger partial charge on any atom is 0.0267 e. The van der Waals surface area contributed by atoms with Crippen LogP contribution in [0.3, 0.4) is 0 Å². The van der Waals surface area contributed by atoms with E-state index in [-0.39, 0.29) is 23.5 Å². The first-order valence-corrected chi connectivity index (χ1v) is 1.85. The van der Waals surface area contributed by atoms with Gasteiger partial charge >= 0.3 is 0 Å². The molecule has 1 rings (SSSR count). The van der Waals surface area contributed by atoms with Crippen LogP contribution in [0.1, 0.15) is 0 Å². The fourth-order valence-corrected chi connectivity index (χ4v) is 0.313. The summed E-state index contributed by atoms with van der Waals surface area (Å²) in [5.74, 6) is 0. The minimum atomic E-state index is 0. The number of aromatic nitrogens is 1. The summed E-state index contributed by atoms with van der Waals surface area (Å²) in [5, 5.41) is 0. The molecule has 0 aliphatic heterocycles. The van der Waals surface area contributed by atoms with Crippen LogP contribution >= 0.6 is 0 Å². The van der Waals surface area contributed by atoms with Crippen molar-refractivity contribution in [1.82, 2.24) is 11.1 Å². The van der Waals surface area contributed by atoms with Crippen molar-refractivity contribution >= 4 is 0 Å². The molecule has 3 radical (unpaired) electrons. The first kappa shape index (κ1) is 10.6. The number of nitrogens with zero attached hydrogens (tertiary/aromatic N) is 2. The summed E-state index contributed by atoms with van der Waals surface area (Å²) >= 11 is 0. The Bertz CT molecular complexity index is 82.4. The topological polar surface area (TPSA) is 43.4 Å². The standard InChI is InChI=1S/C5H5N.Cr.N/c1-2-4-6-5-3-1;;/h1-5H;;. The van der Waals surface area contributed by atoms with Gasteiger partial charge in [0.15, 0.2) is 0 Å². The van der Waals surface area contributed by atoms with Crippen molar-refractivity contribution in [3.05, 3.63) is 30.6 Å². The quantitative estimate of drug-likeness (QED) is 0.527. The van der Waals surface area contributed by atoms with E-state index in [1.807, 2.05) is 18.2 Å². The zero-order valence-corrected chi connectivity index (χ0v) is 5.46. The molecule has 0 fully saturated rings. The number of pyridine rings is 1. The van der Waals surface area contributed by atoms with Gasteiger partial charge in [0.25, 0.3) is 0 Å². The Morgan fingerprint density at radius 3 is 1.50 bits per heavy atom. The summed E-state index contributed by atoms with van der Waals surface area (Å²) in [6, 6.07) is 5.72. The molecule has 3 heteroatoms. The van der Waals surface area contributed by atoms with E-state index in [4.69, 9.17) is 0 Å². The van der Waals surface area contributed by atoms with Gasteiger partial charge in [0.1, 0.15) is 0 Å². The van der Waals surface area contributed by atoms with E-state index in [0.717, 1.165) is 0 Å². The van der Waals surface area contributed by atoms with Gasteiger partial charge in [-0.2, -0.15) is 0 Å². The zero-order chi connectivity index (χ0) is 4.24. The maximum absolute atomic E-state index is 3.78. The SMILES string of the molecule is [Cr].[N].c1ccncc1. The van der Waals surface area contributed by atoms with Crippen LogP contribution in [0.2, 0.25) is 0 Å². The first-order chi connectivity index (χ1) is 3.00. The molecule has 0 aliphatic carbocycles. The van der Waals surface area contributed by atoms with Gasteiger partial charge in [0.05, 0.1) is 0 Å². The smallest absolute Gasteiger partial charge is 0.0267 e. The van der Waals surface area contributed by atoms with Crippen molar-refractivity contribution < 1.29 is 17.4 Å². The maximum atomic E-state index is 3.78. The van der Waals surface area contributed by atoms with Gasteiger partial charge in [0.2, 0.25) is 0 Å². The summed E-state index contributed by atoms with van der Waals surface area (Å²) in [6.07, 6.45) is 3.50. The van der Waals surface area contributed by atoms with E-state index in [0.29, 0.717) is 0 Å². The predicted molar refractivity (Wildman–Crippen MR) is 26.4 cm³/mol. The molecule has 0 N–H and O–H groups in total. The van der Waals surface area contributed by atoms with Crippen molar-refractivity contribution in [2.75, 3.05) is 0 Å². The van der Waals surface area contributed by atoms with E-state index in [9.17, 15) is 0 Å². The summed E-state index contributed by atoms with van der Waals surface area (Å²) < 4.78 is 0. The second-order valence-electron chi connectivity index (χ2n) is 1.02. The van der Waals surface area contributed by atoms with E-state index in [1.54, 1.807) is 12.4 Å². The van der Waals surface area contributed by atoms with E-state index in [1.165, 1.54) is 0 Å². The summed E-state index contributed by atoms with van der Waals surface area (Å²) in [4.78, 5) is 3.78. The molecule has 41 valence electrons. The van der Waals surface area contributed by atoms with E-state index in [2.05, 4.69) is 4.98 Å². The molecular weight excluding hydrogens is 140 g/mol. The Morgan fingerprint density at radius 2 is 1.38 bits per heavy atom. The van der Waals surface area contributed by atoms with Gasteiger partial charge in [-0.05, 0) is 12.1 Å². The fourth-order valence-electron chi connectivity index (χ4n) is 0.313. The molecule has 0 bridgehead atoms. The molecule has 0 aliphatic rings. The Hall–Kier alpha value is -0.358. The third-order valence-corrected chi connectivity index (χ3v) is 0.566. The average Bonchev–Trinajstić information content (AvgIpc) is 1.72. The normalized spacial score (nSPS) is 6.00. The van der Waals surface area contributed by atoms with Crippen LogP contribution in [-0.2, 0) is 17.4 Å². The second-order valence-corrected chi connectivity index (χ2v) is 1.02. The fraction of sp³-hybridized carbons (Fsp3) is 0. The summed E-state index contributed by atoms with van der Waals surface area (Å²) in [5.41, 5.74) is 0. The molecule has 1 heterocycles. The second kappa shape index (κ2) is 6.64. The molecule has 0 aromatic carbocycles. The molecule has 0 saturated heterocycles. The molecular formula is C5H5CrN2. The largest absolute Gasteiger partial charge is 0.265 e. The minimum absolute atomic E-state index is 0. The van der Waals surface area contributed by atoms with Crippen LogP contribution < -0.4 is 6.15 Å². The van der Waals surface area contributed by atoms with Crippen molar-refractivity contribution in [2.45, 2.75) is 0 Å². The van der Waals surface area contributed by atoms with Gasteiger partial charge in [-0.25, -0.2) is 0 Å². The Labute approximate surface area is 59.7 Å². The molecule has 1 aromatic rings. The van der Waals surface area contributed by atoms with Crippen LogP contribution in [-0.4, -0.2) is 4.98 Å². The molecule has 0 amide bonds. The van der Waals surface area contributed by atoms with Gasteiger partial charge in [0, 0.05) is 35.9 Å². The van der Waals surface area contributed by atoms with Crippen LogP contribution in [0.15, 0.2) is 30.6 Å². The molecule has 8 heavy (non-hydrogen) atoms. The van der Waals surface area contributed by atoms with E-state index >= 15 is 0 Å². The molecule has 1 aromatic heterocycles.